The van der Waals surface area contributed by atoms with Crippen molar-refractivity contribution in [3.8, 4) is 39.1 Å². The summed E-state index contributed by atoms with van der Waals surface area (Å²) in [4.78, 5) is 2.41. The van der Waals surface area contributed by atoms with Crippen LogP contribution in [0, 0.1) is 0 Å². The highest BCUT2D eigenvalue weighted by atomic mass is 28.3. The van der Waals surface area contributed by atoms with Crippen molar-refractivity contribution in [3.05, 3.63) is 271 Å². The van der Waals surface area contributed by atoms with E-state index in [0.717, 1.165) is 23.5 Å². The molecule has 73 heavy (non-hydrogen) atoms. The number of rotatable bonds is 8. The minimum absolute atomic E-state index is 0.390. The number of nitrogens with zero attached hydrogens (tertiary/aromatic N) is 2. The number of fused-ring (bicyclic) bond motifs is 13. The molecule has 0 N–H and O–H groups in total. The molecule has 1 spiro atoms. The van der Waals surface area contributed by atoms with Crippen molar-refractivity contribution in [2.45, 2.75) is 32.0 Å². The Morgan fingerprint density at radius 3 is 1.56 bits per heavy atom. The molecule has 0 fully saturated rings. The lowest BCUT2D eigenvalue weighted by atomic mass is 9.88. The van der Waals surface area contributed by atoms with E-state index in [1.54, 1.807) is 20.8 Å². The Bertz CT molecular complexity index is 3960. The van der Waals surface area contributed by atoms with Crippen LogP contribution in [0.25, 0.3) is 66.4 Å². The van der Waals surface area contributed by atoms with Crippen LogP contribution in [0.5, 0.6) is 0 Å². The maximum absolute atomic E-state index is 2.61. The second-order valence-electron chi connectivity index (χ2n) is 21.2. The van der Waals surface area contributed by atoms with Crippen LogP contribution in [-0.2, 0) is 0 Å². The Balaban J connectivity index is 0.838. The van der Waals surface area contributed by atoms with Crippen LogP contribution in [-0.4, -0.2) is 20.7 Å². The molecule has 3 heterocycles. The summed E-state index contributed by atoms with van der Waals surface area (Å²) in [6.45, 7) is 7.23. The fourth-order valence-corrected chi connectivity index (χ4v) is 19.8. The minimum Gasteiger partial charge on any atom is -0.311 e. The molecule has 11 aromatic rings. The number of hydrogen-bond donors (Lipinski definition) is 0. The monoisotopic (exact) mass is 966 g/mol. The lowest BCUT2D eigenvalue weighted by Crippen LogP contribution is -2.64. The van der Waals surface area contributed by atoms with Gasteiger partial charge < -0.3 is 9.47 Å². The van der Waals surface area contributed by atoms with Gasteiger partial charge in [-0.3, -0.25) is 0 Å². The number of para-hydroxylation sites is 2. The highest BCUT2D eigenvalue weighted by molar-refractivity contribution is 7.19. The van der Waals surface area contributed by atoms with Crippen LogP contribution in [0.15, 0.2) is 260 Å². The molecule has 0 saturated carbocycles. The van der Waals surface area contributed by atoms with Crippen molar-refractivity contribution in [2.75, 3.05) is 4.90 Å². The molecular formula is C69H54N2Si2. The SMILES string of the molecule is C[Si](C)(C)c1ccc(-c2ccc(N(c3ccc(C4=CCC5C(=C4)[Si]4(c6ccccc6-c6ccccc64)c4ccccc45)cc3)c3ccc(-c4ccc5c(c4)c4ccccc4n5-c4ccccc4)cc3)cc2)cc1. The molecule has 348 valence electrons. The van der Waals surface area contributed by atoms with Crippen molar-refractivity contribution in [3.63, 3.8) is 0 Å². The minimum atomic E-state index is -2.48. The fraction of sp³-hybridized carbons (Fsp3) is 0.0725. The summed E-state index contributed by atoms with van der Waals surface area (Å²) in [7, 11) is -3.88. The van der Waals surface area contributed by atoms with Gasteiger partial charge in [0.1, 0.15) is 0 Å². The van der Waals surface area contributed by atoms with Crippen molar-refractivity contribution in [2.24, 2.45) is 0 Å². The number of allylic oxidation sites excluding steroid dienone is 4. The van der Waals surface area contributed by atoms with Crippen LogP contribution in [0.3, 0.4) is 0 Å². The molecule has 4 heteroatoms. The quantitative estimate of drug-likeness (QED) is 0.138. The molecular weight excluding hydrogens is 913 g/mol. The Morgan fingerprint density at radius 2 is 0.932 bits per heavy atom. The van der Waals surface area contributed by atoms with Gasteiger partial charge in [0.15, 0.2) is 8.07 Å². The van der Waals surface area contributed by atoms with E-state index in [4.69, 9.17) is 0 Å². The topological polar surface area (TPSA) is 8.17 Å². The molecule has 14 rings (SSSR count). The van der Waals surface area contributed by atoms with E-state index in [0.29, 0.717) is 5.92 Å². The van der Waals surface area contributed by atoms with Gasteiger partial charge in [-0.25, -0.2) is 0 Å². The average molecular weight is 967 g/mol. The van der Waals surface area contributed by atoms with Gasteiger partial charge in [-0.2, -0.15) is 0 Å². The van der Waals surface area contributed by atoms with Crippen molar-refractivity contribution in [1.29, 1.82) is 0 Å². The third-order valence-electron chi connectivity index (χ3n) is 16.2. The molecule has 2 nitrogen and oxygen atoms in total. The highest BCUT2D eigenvalue weighted by Gasteiger charge is 2.57. The lowest BCUT2D eigenvalue weighted by Gasteiger charge is -2.31. The van der Waals surface area contributed by atoms with E-state index < -0.39 is 16.1 Å². The van der Waals surface area contributed by atoms with E-state index in [-0.39, 0.29) is 0 Å². The van der Waals surface area contributed by atoms with Crippen LogP contribution >= 0.6 is 0 Å². The van der Waals surface area contributed by atoms with Crippen LogP contribution < -0.4 is 25.6 Å². The number of aromatic nitrogens is 1. The Kier molecular flexibility index (Phi) is 10.1. The third-order valence-corrected chi connectivity index (χ3v) is 23.4. The lowest BCUT2D eigenvalue weighted by molar-refractivity contribution is 0.854. The van der Waals surface area contributed by atoms with Gasteiger partial charge >= 0.3 is 0 Å². The Morgan fingerprint density at radius 1 is 0.438 bits per heavy atom. The molecule has 10 aromatic carbocycles. The van der Waals surface area contributed by atoms with Crippen molar-refractivity contribution in [1.82, 2.24) is 4.57 Å². The summed E-state index contributed by atoms with van der Waals surface area (Å²) >= 11 is 0. The molecule has 0 bridgehead atoms. The summed E-state index contributed by atoms with van der Waals surface area (Å²) in [5, 5.41) is 10.3. The van der Waals surface area contributed by atoms with Crippen LogP contribution in [0.2, 0.25) is 19.6 Å². The molecule has 1 aromatic heterocycles. The first kappa shape index (κ1) is 43.5. The van der Waals surface area contributed by atoms with Gasteiger partial charge in [0.05, 0.1) is 19.1 Å². The number of anilines is 3. The normalized spacial score (nSPS) is 15.1. The Hall–Kier alpha value is -8.29. The second kappa shape index (κ2) is 16.9. The van der Waals surface area contributed by atoms with Gasteiger partial charge in [-0.15, -0.1) is 0 Å². The average Bonchev–Trinajstić information content (AvgIpc) is 4.07. The highest BCUT2D eigenvalue weighted by Crippen LogP contribution is 2.49. The molecule has 2 aliphatic heterocycles. The number of benzene rings is 10. The largest absolute Gasteiger partial charge is 0.311 e. The van der Waals surface area contributed by atoms with Crippen molar-refractivity contribution >= 4 is 81.3 Å². The van der Waals surface area contributed by atoms with E-state index in [9.17, 15) is 0 Å². The van der Waals surface area contributed by atoms with E-state index in [2.05, 4.69) is 284 Å². The molecule has 0 amide bonds. The molecule has 1 aliphatic carbocycles. The molecule has 0 radical (unpaired) electrons. The number of hydrogen-bond acceptors (Lipinski definition) is 1. The zero-order valence-corrected chi connectivity index (χ0v) is 43.4. The molecule has 3 aliphatic rings. The van der Waals surface area contributed by atoms with Gasteiger partial charge in [-0.1, -0.05) is 218 Å². The summed E-state index contributed by atoms with van der Waals surface area (Å²) in [5.74, 6) is 0.390. The molecule has 1 atom stereocenters. The summed E-state index contributed by atoms with van der Waals surface area (Å²) < 4.78 is 2.38. The first-order valence-corrected chi connectivity index (χ1v) is 31.3. The van der Waals surface area contributed by atoms with E-state index >= 15 is 0 Å². The predicted molar refractivity (Wildman–Crippen MR) is 316 cm³/mol. The predicted octanol–water partition coefficient (Wildman–Crippen LogP) is 15.6. The maximum atomic E-state index is 2.61. The standard InChI is InChI=1S/C69H54N2Si2/c1-72(2,3)57-41-31-48(32-42-57)47-25-35-54(36-26-47)70(55-37-27-49(28-38-55)51-34-44-65-63(45-51)58-17-7-11-21-64(58)71(65)53-15-5-4-6-16-53)56-39-29-50(30-40-56)52-33-43-62-61-20-10-14-24-68(61)73(69(62)46-52)66-22-12-8-18-59(66)60-19-9-13-23-67(60)73/h4-42,44-46,62H,43H2,1-3H3. The van der Waals surface area contributed by atoms with Crippen molar-refractivity contribution < 1.29 is 0 Å². The second-order valence-corrected chi connectivity index (χ2v) is 30.0. The molecule has 1 unspecified atom stereocenters. The maximum Gasteiger partial charge on any atom is 0.177 e. The third kappa shape index (κ3) is 6.89. The van der Waals surface area contributed by atoms with Gasteiger partial charge in [-0.05, 0) is 139 Å². The Labute approximate surface area is 430 Å². The van der Waals surface area contributed by atoms with Gasteiger partial charge in [0, 0.05) is 39.4 Å². The molecule has 0 saturated heterocycles. The first-order chi connectivity index (χ1) is 35.8. The summed E-state index contributed by atoms with van der Waals surface area (Å²) in [6.07, 6.45) is 6.12. The van der Waals surface area contributed by atoms with E-state index in [1.807, 2.05) is 0 Å². The summed E-state index contributed by atoms with van der Waals surface area (Å²) in [6, 6.07) is 91.2. The smallest absolute Gasteiger partial charge is 0.177 e. The van der Waals surface area contributed by atoms with Crippen LogP contribution in [0.4, 0.5) is 17.1 Å². The van der Waals surface area contributed by atoms with Crippen LogP contribution in [0.1, 0.15) is 23.5 Å². The zero-order valence-electron chi connectivity index (χ0n) is 41.4. The van der Waals surface area contributed by atoms with Gasteiger partial charge in [0.2, 0.25) is 0 Å². The summed E-state index contributed by atoms with van der Waals surface area (Å²) in [5.41, 5.74) is 18.7. The fourth-order valence-electron chi connectivity index (χ4n) is 12.7. The zero-order chi connectivity index (χ0) is 48.8. The van der Waals surface area contributed by atoms with E-state index in [1.165, 1.54) is 82.8 Å². The first-order valence-electron chi connectivity index (χ1n) is 25.8. The van der Waals surface area contributed by atoms with Gasteiger partial charge in [0.25, 0.3) is 0 Å².